The Kier molecular flexibility index (Phi) is 7.75. The fourth-order valence-corrected chi connectivity index (χ4v) is 3.11. The van der Waals surface area contributed by atoms with E-state index >= 15 is 0 Å². The van der Waals surface area contributed by atoms with Crippen molar-refractivity contribution >= 4 is 17.6 Å². The number of carbonyl (C=O) groups excluding carboxylic acids is 2. The molecule has 1 N–H and O–H groups in total. The number of hydrogen-bond donors (Lipinski definition) is 1. The molecule has 1 aromatic rings. The molecular formula is C20H31N3O3. The third kappa shape index (κ3) is 5.38. The molecule has 6 heteroatoms. The summed E-state index contributed by atoms with van der Waals surface area (Å²) >= 11 is 0. The topological polar surface area (TPSA) is 61.9 Å². The van der Waals surface area contributed by atoms with E-state index < -0.39 is 0 Å². The van der Waals surface area contributed by atoms with Gasteiger partial charge in [0, 0.05) is 37.8 Å². The van der Waals surface area contributed by atoms with Crippen LogP contribution in [-0.4, -0.2) is 49.6 Å². The Labute approximate surface area is 156 Å². The number of unbranched alkanes of at least 4 members (excludes halogenated alkanes) is 2. The molecule has 0 radical (unpaired) electrons. The van der Waals surface area contributed by atoms with Crippen molar-refractivity contribution in [3.63, 3.8) is 0 Å². The summed E-state index contributed by atoms with van der Waals surface area (Å²) < 4.78 is 5.23. The molecule has 1 aromatic carbocycles. The summed E-state index contributed by atoms with van der Waals surface area (Å²) in [6.45, 7) is 6.27. The van der Waals surface area contributed by atoms with E-state index in [1.165, 1.54) is 0 Å². The van der Waals surface area contributed by atoms with E-state index in [4.69, 9.17) is 4.74 Å². The maximum absolute atomic E-state index is 12.6. The number of urea groups is 1. The molecule has 6 nitrogen and oxygen atoms in total. The monoisotopic (exact) mass is 361 g/mol. The first-order chi connectivity index (χ1) is 12.6. The van der Waals surface area contributed by atoms with Crippen LogP contribution in [0.4, 0.5) is 10.5 Å². The first-order valence-corrected chi connectivity index (χ1v) is 9.58. The Morgan fingerprint density at radius 3 is 2.58 bits per heavy atom. The van der Waals surface area contributed by atoms with E-state index in [1.807, 2.05) is 29.2 Å². The van der Waals surface area contributed by atoms with Gasteiger partial charge in [-0.3, -0.25) is 4.79 Å². The highest BCUT2D eigenvalue weighted by Crippen LogP contribution is 2.25. The molecule has 26 heavy (non-hydrogen) atoms. The van der Waals surface area contributed by atoms with Crippen LogP contribution in [0.3, 0.4) is 0 Å². The molecule has 0 bridgehead atoms. The van der Waals surface area contributed by atoms with E-state index in [0.29, 0.717) is 18.7 Å². The van der Waals surface area contributed by atoms with Gasteiger partial charge in [-0.05, 0) is 25.0 Å². The van der Waals surface area contributed by atoms with Crippen LogP contribution in [0.2, 0.25) is 0 Å². The molecule has 0 aromatic heterocycles. The second-order valence-corrected chi connectivity index (χ2v) is 6.75. The van der Waals surface area contributed by atoms with Crippen molar-refractivity contribution in [1.82, 2.24) is 10.2 Å². The summed E-state index contributed by atoms with van der Waals surface area (Å²) in [5.74, 6) is 0.741. The third-order valence-corrected chi connectivity index (χ3v) is 4.67. The minimum Gasteiger partial charge on any atom is -0.497 e. The third-order valence-electron chi connectivity index (χ3n) is 4.67. The number of amides is 3. The van der Waals surface area contributed by atoms with E-state index in [2.05, 4.69) is 19.2 Å². The normalized spacial score (nSPS) is 16.7. The zero-order valence-electron chi connectivity index (χ0n) is 16.2. The highest BCUT2D eigenvalue weighted by molar-refractivity contribution is 5.97. The lowest BCUT2D eigenvalue weighted by atomic mass is 10.2. The highest BCUT2D eigenvalue weighted by atomic mass is 16.5. The Balaban J connectivity index is 1.97. The second kappa shape index (κ2) is 10.0. The van der Waals surface area contributed by atoms with Gasteiger partial charge < -0.3 is 19.9 Å². The van der Waals surface area contributed by atoms with E-state index in [1.54, 1.807) is 12.0 Å². The number of nitrogens with zero attached hydrogens (tertiary/aromatic N) is 2. The molecule has 1 atom stereocenters. The molecule has 3 amide bonds. The van der Waals surface area contributed by atoms with Gasteiger partial charge >= 0.3 is 6.03 Å². The van der Waals surface area contributed by atoms with Crippen LogP contribution in [0, 0.1) is 0 Å². The Hall–Kier alpha value is -2.24. The number of anilines is 1. The quantitative estimate of drug-likeness (QED) is 0.733. The molecule has 1 heterocycles. The van der Waals surface area contributed by atoms with Gasteiger partial charge in [0.15, 0.2) is 0 Å². The average Bonchev–Trinajstić information content (AvgIpc) is 3.01. The van der Waals surface area contributed by atoms with Gasteiger partial charge in [0.1, 0.15) is 5.75 Å². The van der Waals surface area contributed by atoms with Crippen molar-refractivity contribution in [2.45, 2.75) is 52.0 Å². The van der Waals surface area contributed by atoms with Crippen molar-refractivity contribution in [3.05, 3.63) is 24.3 Å². The summed E-state index contributed by atoms with van der Waals surface area (Å²) in [6.07, 6.45) is 4.44. The van der Waals surface area contributed by atoms with Crippen molar-refractivity contribution in [3.8, 4) is 5.75 Å². The number of ether oxygens (including phenoxy) is 1. The minimum atomic E-state index is -0.160. The maximum atomic E-state index is 12.6. The lowest BCUT2D eigenvalue weighted by Gasteiger charge is -2.25. The van der Waals surface area contributed by atoms with Crippen LogP contribution in [0.1, 0.15) is 46.0 Å². The van der Waals surface area contributed by atoms with Crippen LogP contribution in [0.5, 0.6) is 5.75 Å². The Morgan fingerprint density at radius 1 is 1.27 bits per heavy atom. The van der Waals surface area contributed by atoms with Gasteiger partial charge in [-0.25, -0.2) is 4.79 Å². The fourth-order valence-electron chi connectivity index (χ4n) is 3.11. The van der Waals surface area contributed by atoms with Crippen molar-refractivity contribution in [2.75, 3.05) is 31.6 Å². The first-order valence-electron chi connectivity index (χ1n) is 9.58. The molecule has 2 rings (SSSR count). The van der Waals surface area contributed by atoms with Crippen molar-refractivity contribution < 1.29 is 14.3 Å². The molecule has 0 spiro atoms. The minimum absolute atomic E-state index is 0.0252. The van der Waals surface area contributed by atoms with Gasteiger partial charge in [0.05, 0.1) is 13.2 Å². The average molecular weight is 361 g/mol. The van der Waals surface area contributed by atoms with Gasteiger partial charge in [-0.15, -0.1) is 0 Å². The standard InChI is InChI=1S/C20H31N3O3/c1-4-6-11-22(12-7-5-2)20(25)21-16-13-19(24)23(15-16)17-9-8-10-18(14-17)26-3/h8-10,14,16H,4-7,11-13,15H2,1-3H3,(H,21,25)/t16-/m1/s1. The lowest BCUT2D eigenvalue weighted by Crippen LogP contribution is -2.46. The van der Waals surface area contributed by atoms with Gasteiger partial charge in [-0.1, -0.05) is 32.8 Å². The van der Waals surface area contributed by atoms with Gasteiger partial charge in [-0.2, -0.15) is 0 Å². The van der Waals surface area contributed by atoms with Crippen LogP contribution in [0.15, 0.2) is 24.3 Å². The second-order valence-electron chi connectivity index (χ2n) is 6.75. The largest absolute Gasteiger partial charge is 0.497 e. The molecule has 1 aliphatic rings. The summed E-state index contributed by atoms with van der Waals surface area (Å²) in [4.78, 5) is 28.6. The van der Waals surface area contributed by atoms with Crippen molar-refractivity contribution in [1.29, 1.82) is 0 Å². The predicted molar refractivity (Wildman–Crippen MR) is 104 cm³/mol. The Morgan fingerprint density at radius 2 is 1.96 bits per heavy atom. The van der Waals surface area contributed by atoms with Crippen LogP contribution in [0.25, 0.3) is 0 Å². The molecular weight excluding hydrogens is 330 g/mol. The van der Waals surface area contributed by atoms with Crippen molar-refractivity contribution in [2.24, 2.45) is 0 Å². The molecule has 1 fully saturated rings. The zero-order chi connectivity index (χ0) is 18.9. The van der Waals surface area contributed by atoms with Crippen LogP contribution in [-0.2, 0) is 4.79 Å². The number of nitrogens with one attached hydrogen (secondary N) is 1. The molecule has 1 saturated heterocycles. The number of carbonyl (C=O) groups is 2. The van der Waals surface area contributed by atoms with E-state index in [9.17, 15) is 9.59 Å². The summed E-state index contributed by atoms with van der Waals surface area (Å²) in [6, 6.07) is 7.23. The smallest absolute Gasteiger partial charge is 0.317 e. The molecule has 144 valence electrons. The molecule has 0 aliphatic carbocycles. The number of rotatable bonds is 9. The maximum Gasteiger partial charge on any atom is 0.317 e. The van der Waals surface area contributed by atoms with Gasteiger partial charge in [0.2, 0.25) is 5.91 Å². The number of benzene rings is 1. The lowest BCUT2D eigenvalue weighted by molar-refractivity contribution is -0.117. The molecule has 0 saturated carbocycles. The molecule has 0 unspecified atom stereocenters. The van der Waals surface area contributed by atoms with E-state index in [0.717, 1.165) is 44.5 Å². The highest BCUT2D eigenvalue weighted by Gasteiger charge is 2.32. The summed E-state index contributed by atoms with van der Waals surface area (Å²) in [7, 11) is 1.61. The van der Waals surface area contributed by atoms with E-state index in [-0.39, 0.29) is 18.0 Å². The molecule has 1 aliphatic heterocycles. The van der Waals surface area contributed by atoms with Gasteiger partial charge in [0.25, 0.3) is 0 Å². The fraction of sp³-hybridized carbons (Fsp3) is 0.600. The zero-order valence-corrected chi connectivity index (χ0v) is 16.2. The van der Waals surface area contributed by atoms with Crippen LogP contribution < -0.4 is 15.0 Å². The van der Waals surface area contributed by atoms with Crippen LogP contribution >= 0.6 is 0 Å². The summed E-state index contributed by atoms with van der Waals surface area (Å²) in [5, 5.41) is 3.05. The SMILES string of the molecule is CCCCN(CCCC)C(=O)N[C@@H]1CC(=O)N(c2cccc(OC)c2)C1. The Bertz CT molecular complexity index is 598. The summed E-state index contributed by atoms with van der Waals surface area (Å²) in [5.41, 5.74) is 0.805. The predicted octanol–water partition coefficient (Wildman–Crippen LogP) is 3.41. The number of methoxy groups -OCH3 is 1. The number of hydrogen-bond acceptors (Lipinski definition) is 3. The first kappa shape index (κ1) is 20.1.